The van der Waals surface area contributed by atoms with Gasteiger partial charge >= 0.3 is 0 Å². The molecule has 0 atom stereocenters. The maximum atomic E-state index is 5.16. The van der Waals surface area contributed by atoms with Crippen LogP contribution in [0, 0.1) is 0 Å². The molecule has 0 fully saturated rings. The van der Waals surface area contributed by atoms with Gasteiger partial charge in [-0.1, -0.05) is 109 Å². The molecule has 1 aliphatic rings. The van der Waals surface area contributed by atoms with E-state index in [1.54, 1.807) is 0 Å². The summed E-state index contributed by atoms with van der Waals surface area (Å²) in [4.78, 5) is 17.2. The fourth-order valence-corrected chi connectivity index (χ4v) is 5.77. The predicted octanol–water partition coefficient (Wildman–Crippen LogP) is 9.48. The minimum Gasteiger partial charge on any atom is -0.276 e. The molecule has 0 unspecified atom stereocenters. The lowest BCUT2D eigenvalue weighted by Crippen LogP contribution is -2.18. The summed E-state index contributed by atoms with van der Waals surface area (Å²) in [6.07, 6.45) is 3.89. The average molecular weight is 525 g/mol. The van der Waals surface area contributed by atoms with Crippen LogP contribution >= 0.6 is 0 Å². The van der Waals surface area contributed by atoms with E-state index < -0.39 is 0 Å². The third-order valence-electron chi connectivity index (χ3n) is 7.67. The van der Waals surface area contributed by atoms with Crippen molar-refractivity contribution in [2.24, 2.45) is 0 Å². The van der Waals surface area contributed by atoms with Gasteiger partial charge in [0.15, 0.2) is 0 Å². The van der Waals surface area contributed by atoms with Gasteiger partial charge in [-0.25, -0.2) is 9.97 Å². The molecule has 192 valence electrons. The van der Waals surface area contributed by atoms with Gasteiger partial charge in [0.1, 0.15) is 0 Å². The molecule has 41 heavy (non-hydrogen) atoms. The van der Waals surface area contributed by atoms with Crippen LogP contribution in [-0.4, -0.2) is 15.0 Å². The molecule has 0 saturated carbocycles. The van der Waals surface area contributed by atoms with Gasteiger partial charge in [-0.2, -0.15) is 0 Å². The summed E-state index contributed by atoms with van der Waals surface area (Å²) in [5, 5.41) is 2.23. The molecule has 4 nitrogen and oxygen atoms in total. The molecule has 8 rings (SSSR count). The van der Waals surface area contributed by atoms with E-state index in [0.29, 0.717) is 5.95 Å². The van der Waals surface area contributed by atoms with Crippen molar-refractivity contribution in [3.63, 3.8) is 0 Å². The number of pyridine rings is 1. The van der Waals surface area contributed by atoms with E-state index in [-0.39, 0.29) is 0 Å². The first-order chi connectivity index (χ1) is 20.3. The zero-order chi connectivity index (χ0) is 27.2. The smallest absolute Gasteiger partial charge is 0.235 e. The van der Waals surface area contributed by atoms with E-state index >= 15 is 0 Å². The lowest BCUT2D eigenvalue weighted by atomic mass is 9.89. The van der Waals surface area contributed by atoms with E-state index in [2.05, 4.69) is 102 Å². The summed E-state index contributed by atoms with van der Waals surface area (Å²) in [5.74, 6) is 0.616. The molecule has 0 aliphatic carbocycles. The normalized spacial score (nSPS) is 11.9. The molecule has 3 heterocycles. The van der Waals surface area contributed by atoms with Crippen molar-refractivity contribution in [3.8, 4) is 44.8 Å². The largest absolute Gasteiger partial charge is 0.276 e. The number of fused-ring (bicyclic) bond motifs is 2. The standard InChI is InChI=1S/C37H24N4/c1-4-12-25(13-5-1)28-20-29-23-38-24-35-36(29)31(21-28)30-18-10-11-19-34(30)41(35)37-39-32(26-14-6-2-7-15-26)22-33(40-37)27-16-8-3-9-17-27/h1-24H. The molecular weight excluding hydrogens is 500 g/mol. The molecule has 0 radical (unpaired) electrons. The second-order valence-electron chi connectivity index (χ2n) is 10.2. The topological polar surface area (TPSA) is 41.9 Å². The third kappa shape index (κ3) is 3.97. The molecule has 0 bridgehead atoms. The Morgan fingerprint density at radius 2 is 1.02 bits per heavy atom. The Morgan fingerprint density at radius 1 is 0.439 bits per heavy atom. The van der Waals surface area contributed by atoms with Crippen LogP contribution in [-0.2, 0) is 0 Å². The Hall–Kier alpha value is -5.61. The molecule has 1 aliphatic heterocycles. The van der Waals surface area contributed by atoms with Crippen LogP contribution in [0.1, 0.15) is 0 Å². The summed E-state index contributed by atoms with van der Waals surface area (Å²) in [5.41, 5.74) is 10.5. The van der Waals surface area contributed by atoms with Crippen LogP contribution in [0.5, 0.6) is 0 Å². The highest BCUT2D eigenvalue weighted by Gasteiger charge is 2.29. The number of benzene rings is 5. The Kier molecular flexibility index (Phi) is 5.42. The van der Waals surface area contributed by atoms with Gasteiger partial charge in [-0.05, 0) is 41.0 Å². The van der Waals surface area contributed by atoms with Gasteiger partial charge in [0.05, 0.1) is 29.0 Å². The average Bonchev–Trinajstić information content (AvgIpc) is 3.06. The number of nitrogens with zero attached hydrogens (tertiary/aromatic N) is 4. The predicted molar refractivity (Wildman–Crippen MR) is 167 cm³/mol. The van der Waals surface area contributed by atoms with Crippen molar-refractivity contribution in [1.29, 1.82) is 0 Å². The molecule has 7 aromatic rings. The SMILES string of the molecule is c1ccc(-c2cc3c4c(cncc4c2)N(c2nc(-c4ccccc4)cc(-c4ccccc4)n2)c2ccccc2-3)cc1. The number of hydrogen-bond donors (Lipinski definition) is 0. The van der Waals surface area contributed by atoms with Gasteiger partial charge in [-0.3, -0.25) is 9.88 Å². The Bertz CT molecular complexity index is 1980. The number of anilines is 3. The first-order valence-corrected chi connectivity index (χ1v) is 13.7. The summed E-state index contributed by atoms with van der Waals surface area (Å²) in [7, 11) is 0. The van der Waals surface area contributed by atoms with Crippen molar-refractivity contribution in [2.75, 3.05) is 4.90 Å². The molecule has 5 aromatic carbocycles. The van der Waals surface area contributed by atoms with Crippen LogP contribution < -0.4 is 4.90 Å². The number of aromatic nitrogens is 3. The Labute approximate surface area is 238 Å². The summed E-state index contributed by atoms with van der Waals surface area (Å²) < 4.78 is 0. The van der Waals surface area contributed by atoms with E-state index in [4.69, 9.17) is 15.0 Å². The van der Waals surface area contributed by atoms with Gasteiger partial charge in [-0.15, -0.1) is 0 Å². The van der Waals surface area contributed by atoms with E-state index in [1.807, 2.05) is 48.8 Å². The van der Waals surface area contributed by atoms with Crippen LogP contribution in [0.4, 0.5) is 17.3 Å². The Balaban J connectivity index is 1.41. The lowest BCUT2D eigenvalue weighted by molar-refractivity contribution is 1.08. The van der Waals surface area contributed by atoms with Gasteiger partial charge in [0.25, 0.3) is 0 Å². The maximum absolute atomic E-state index is 5.16. The monoisotopic (exact) mass is 524 g/mol. The van der Waals surface area contributed by atoms with Crippen molar-refractivity contribution in [1.82, 2.24) is 15.0 Å². The highest BCUT2D eigenvalue weighted by Crippen LogP contribution is 2.51. The van der Waals surface area contributed by atoms with Gasteiger partial charge in [0.2, 0.25) is 5.95 Å². The van der Waals surface area contributed by atoms with Crippen molar-refractivity contribution in [3.05, 3.63) is 146 Å². The molecule has 2 aromatic heterocycles. The summed E-state index contributed by atoms with van der Waals surface area (Å²) >= 11 is 0. The molecule has 0 saturated heterocycles. The highest BCUT2D eigenvalue weighted by atomic mass is 15.3. The van der Waals surface area contributed by atoms with Gasteiger partial charge in [0, 0.05) is 33.7 Å². The molecule has 4 heteroatoms. The fourth-order valence-electron chi connectivity index (χ4n) is 5.77. The van der Waals surface area contributed by atoms with E-state index in [1.165, 1.54) is 16.7 Å². The summed E-state index contributed by atoms with van der Waals surface area (Å²) in [6, 6.07) is 46.2. The van der Waals surface area contributed by atoms with E-state index in [0.717, 1.165) is 50.2 Å². The first kappa shape index (κ1) is 23.3. The molecule has 0 spiro atoms. The first-order valence-electron chi connectivity index (χ1n) is 13.7. The highest BCUT2D eigenvalue weighted by molar-refractivity contribution is 6.14. The zero-order valence-electron chi connectivity index (χ0n) is 22.1. The second kappa shape index (κ2) is 9.54. The minimum absolute atomic E-state index is 0.616. The van der Waals surface area contributed by atoms with Crippen molar-refractivity contribution < 1.29 is 0 Å². The quantitative estimate of drug-likeness (QED) is 0.230. The van der Waals surface area contributed by atoms with Crippen LogP contribution in [0.15, 0.2) is 146 Å². The second-order valence-corrected chi connectivity index (χ2v) is 10.2. The van der Waals surface area contributed by atoms with Crippen LogP contribution in [0.3, 0.4) is 0 Å². The Morgan fingerprint density at radius 3 is 1.68 bits per heavy atom. The lowest BCUT2D eigenvalue weighted by Gasteiger charge is -2.32. The molecular formula is C37H24N4. The fraction of sp³-hybridized carbons (Fsp3) is 0. The van der Waals surface area contributed by atoms with Gasteiger partial charge < -0.3 is 0 Å². The minimum atomic E-state index is 0.616. The summed E-state index contributed by atoms with van der Waals surface area (Å²) in [6.45, 7) is 0. The number of rotatable bonds is 4. The third-order valence-corrected chi connectivity index (χ3v) is 7.67. The molecule has 0 amide bonds. The van der Waals surface area contributed by atoms with E-state index in [9.17, 15) is 0 Å². The number of hydrogen-bond acceptors (Lipinski definition) is 4. The zero-order valence-corrected chi connectivity index (χ0v) is 22.1. The van der Waals surface area contributed by atoms with Crippen LogP contribution in [0.2, 0.25) is 0 Å². The van der Waals surface area contributed by atoms with Crippen molar-refractivity contribution >= 4 is 28.1 Å². The maximum Gasteiger partial charge on any atom is 0.235 e. The number of para-hydroxylation sites is 1. The molecule has 0 N–H and O–H groups in total. The van der Waals surface area contributed by atoms with Crippen molar-refractivity contribution in [2.45, 2.75) is 0 Å². The van der Waals surface area contributed by atoms with Crippen LogP contribution in [0.25, 0.3) is 55.5 Å².